The van der Waals surface area contributed by atoms with Gasteiger partial charge in [-0.25, -0.2) is 18.4 Å². The third-order valence-corrected chi connectivity index (χ3v) is 6.60. The summed E-state index contributed by atoms with van der Waals surface area (Å²) in [6.07, 6.45) is 6.32. The van der Waals surface area contributed by atoms with Crippen molar-refractivity contribution in [3.05, 3.63) is 66.0 Å². The number of hydrogen-bond donors (Lipinski definition) is 2. The van der Waals surface area contributed by atoms with Gasteiger partial charge in [-0.15, -0.1) is 0 Å². The average Bonchev–Trinajstić information content (AvgIpc) is 3.53. The Morgan fingerprint density at radius 1 is 1.21 bits per heavy atom. The summed E-state index contributed by atoms with van der Waals surface area (Å²) in [5, 5.41) is 11.9. The molecule has 170 valence electrons. The summed E-state index contributed by atoms with van der Waals surface area (Å²) < 4.78 is 26.7. The van der Waals surface area contributed by atoms with Crippen molar-refractivity contribution in [1.82, 2.24) is 19.7 Å². The van der Waals surface area contributed by atoms with Gasteiger partial charge in [0.2, 0.25) is 0 Å². The van der Waals surface area contributed by atoms with Crippen LogP contribution in [0.25, 0.3) is 28.2 Å². The Morgan fingerprint density at radius 3 is 2.56 bits per heavy atom. The maximum Gasteiger partial charge on any atom is 0.251 e. The SMILES string of the molecule is CS(=O)(=O)c1nc(-c2ccc(C#N)cc2N)cn2c(-c3ccc(C(=O)NC4CC4)cc3)cnc12. The molecule has 4 aromatic rings. The van der Waals surface area contributed by atoms with E-state index in [0.29, 0.717) is 33.8 Å². The minimum atomic E-state index is -3.72. The molecule has 0 bridgehead atoms. The van der Waals surface area contributed by atoms with Crippen LogP contribution in [-0.2, 0) is 9.84 Å². The van der Waals surface area contributed by atoms with Crippen LogP contribution in [0.2, 0.25) is 0 Å². The van der Waals surface area contributed by atoms with E-state index in [1.54, 1.807) is 53.2 Å². The molecule has 0 unspecified atom stereocenters. The van der Waals surface area contributed by atoms with E-state index in [0.717, 1.165) is 24.7 Å². The molecule has 2 heterocycles. The van der Waals surface area contributed by atoms with Gasteiger partial charge in [-0.05, 0) is 43.2 Å². The molecule has 1 aliphatic rings. The normalized spacial score (nSPS) is 13.5. The summed E-state index contributed by atoms with van der Waals surface area (Å²) in [4.78, 5) is 21.0. The minimum absolute atomic E-state index is 0.116. The van der Waals surface area contributed by atoms with E-state index < -0.39 is 9.84 Å². The number of sulfone groups is 1. The molecular formula is C24H20N6O3S. The fraction of sp³-hybridized carbons (Fsp3) is 0.167. The van der Waals surface area contributed by atoms with E-state index in [4.69, 9.17) is 11.0 Å². The smallest absolute Gasteiger partial charge is 0.251 e. The summed E-state index contributed by atoms with van der Waals surface area (Å²) in [6.45, 7) is 0. The molecule has 0 aliphatic heterocycles. The number of amides is 1. The van der Waals surface area contributed by atoms with Gasteiger partial charge >= 0.3 is 0 Å². The second kappa shape index (κ2) is 7.97. The van der Waals surface area contributed by atoms with Gasteiger partial charge in [-0.3, -0.25) is 9.20 Å². The molecule has 34 heavy (non-hydrogen) atoms. The number of carbonyl (C=O) groups is 1. The molecule has 0 spiro atoms. The largest absolute Gasteiger partial charge is 0.398 e. The number of fused-ring (bicyclic) bond motifs is 1. The second-order valence-corrected chi connectivity index (χ2v) is 10.2. The lowest BCUT2D eigenvalue weighted by atomic mass is 10.1. The van der Waals surface area contributed by atoms with E-state index in [2.05, 4.69) is 15.3 Å². The van der Waals surface area contributed by atoms with Crippen molar-refractivity contribution < 1.29 is 13.2 Å². The minimum Gasteiger partial charge on any atom is -0.398 e. The average molecular weight is 473 g/mol. The summed E-state index contributed by atoms with van der Waals surface area (Å²) >= 11 is 0. The summed E-state index contributed by atoms with van der Waals surface area (Å²) in [7, 11) is -3.72. The first-order chi connectivity index (χ1) is 16.2. The summed E-state index contributed by atoms with van der Waals surface area (Å²) in [6, 6.07) is 14.1. The van der Waals surface area contributed by atoms with Crippen LogP contribution in [0.5, 0.6) is 0 Å². The number of carbonyl (C=O) groups excluding carboxylic acids is 1. The van der Waals surface area contributed by atoms with Gasteiger partial charge in [0.15, 0.2) is 20.5 Å². The molecule has 0 atom stereocenters. The van der Waals surface area contributed by atoms with Crippen molar-refractivity contribution >= 4 is 27.1 Å². The molecule has 9 nitrogen and oxygen atoms in total. The Morgan fingerprint density at radius 2 is 1.94 bits per heavy atom. The number of nitrogens with one attached hydrogen (secondary N) is 1. The Labute approximate surface area is 195 Å². The third kappa shape index (κ3) is 3.97. The number of aromatic nitrogens is 3. The molecule has 2 aromatic heterocycles. The summed E-state index contributed by atoms with van der Waals surface area (Å²) in [5.74, 6) is -0.116. The van der Waals surface area contributed by atoms with Crippen LogP contribution in [-0.4, -0.2) is 41.0 Å². The summed E-state index contributed by atoms with van der Waals surface area (Å²) in [5.41, 5.74) is 9.77. The number of nitrogen functional groups attached to an aromatic ring is 1. The molecule has 5 rings (SSSR count). The van der Waals surface area contributed by atoms with Crippen molar-refractivity contribution in [2.24, 2.45) is 0 Å². The van der Waals surface area contributed by atoms with Crippen molar-refractivity contribution in [3.63, 3.8) is 0 Å². The van der Waals surface area contributed by atoms with E-state index in [-0.39, 0.29) is 22.6 Å². The van der Waals surface area contributed by atoms with E-state index in [9.17, 15) is 13.2 Å². The second-order valence-electron chi connectivity index (χ2n) is 8.28. The fourth-order valence-electron chi connectivity index (χ4n) is 3.71. The van der Waals surface area contributed by atoms with Crippen LogP contribution in [0.1, 0.15) is 28.8 Å². The molecule has 2 aromatic carbocycles. The molecule has 1 aliphatic carbocycles. The van der Waals surface area contributed by atoms with E-state index in [1.165, 1.54) is 6.07 Å². The number of rotatable bonds is 5. The molecule has 1 fully saturated rings. The van der Waals surface area contributed by atoms with Crippen LogP contribution < -0.4 is 11.1 Å². The van der Waals surface area contributed by atoms with Crippen LogP contribution in [0.3, 0.4) is 0 Å². The highest BCUT2D eigenvalue weighted by Gasteiger charge is 2.24. The number of nitrogens with zero attached hydrogens (tertiary/aromatic N) is 4. The molecular weight excluding hydrogens is 452 g/mol. The number of nitrogens with two attached hydrogens (primary N) is 1. The van der Waals surface area contributed by atoms with Gasteiger partial charge in [0.1, 0.15) is 0 Å². The highest BCUT2D eigenvalue weighted by atomic mass is 32.2. The van der Waals surface area contributed by atoms with Crippen LogP contribution in [0.15, 0.2) is 59.9 Å². The molecule has 0 saturated heterocycles. The first kappa shape index (κ1) is 21.6. The zero-order valence-electron chi connectivity index (χ0n) is 18.2. The van der Waals surface area contributed by atoms with Crippen molar-refractivity contribution in [3.8, 4) is 28.6 Å². The van der Waals surface area contributed by atoms with Crippen LogP contribution >= 0.6 is 0 Å². The highest BCUT2D eigenvalue weighted by molar-refractivity contribution is 7.90. The van der Waals surface area contributed by atoms with Crippen molar-refractivity contribution in [1.29, 1.82) is 5.26 Å². The predicted octanol–water partition coefficient (Wildman–Crippen LogP) is 2.81. The maximum atomic E-state index is 12.5. The molecule has 3 N–H and O–H groups in total. The van der Waals surface area contributed by atoms with Crippen molar-refractivity contribution in [2.75, 3.05) is 12.0 Å². The lowest BCUT2D eigenvalue weighted by Crippen LogP contribution is -2.25. The molecule has 1 amide bonds. The zero-order valence-corrected chi connectivity index (χ0v) is 19.0. The Bertz CT molecular complexity index is 1600. The highest BCUT2D eigenvalue weighted by Crippen LogP contribution is 2.30. The van der Waals surface area contributed by atoms with Crippen LogP contribution in [0.4, 0.5) is 5.69 Å². The zero-order chi connectivity index (χ0) is 24.0. The fourth-order valence-corrected chi connectivity index (χ4v) is 4.45. The molecule has 1 saturated carbocycles. The van der Waals surface area contributed by atoms with Gasteiger partial charge in [0.25, 0.3) is 5.91 Å². The number of benzene rings is 2. The Kier molecular flexibility index (Phi) is 5.06. The Balaban J connectivity index is 1.63. The number of anilines is 1. The first-order valence-corrected chi connectivity index (χ1v) is 12.4. The maximum absolute atomic E-state index is 12.5. The molecule has 0 radical (unpaired) electrons. The number of nitriles is 1. The topological polar surface area (TPSA) is 143 Å². The quantitative estimate of drug-likeness (QED) is 0.425. The van der Waals surface area contributed by atoms with E-state index in [1.807, 2.05) is 6.07 Å². The van der Waals surface area contributed by atoms with Crippen LogP contribution in [0, 0.1) is 11.3 Å². The third-order valence-electron chi connectivity index (χ3n) is 5.62. The van der Waals surface area contributed by atoms with Gasteiger partial charge in [-0.2, -0.15) is 5.26 Å². The number of hydrogen-bond acceptors (Lipinski definition) is 7. The van der Waals surface area contributed by atoms with Gasteiger partial charge < -0.3 is 11.1 Å². The lowest BCUT2D eigenvalue weighted by Gasteiger charge is -2.11. The van der Waals surface area contributed by atoms with Gasteiger partial charge in [-0.1, -0.05) is 12.1 Å². The number of imidazole rings is 1. The predicted molar refractivity (Wildman–Crippen MR) is 127 cm³/mol. The standard InChI is InChI=1S/C24H20N6O3S/c1-34(32,33)24-22-27-12-21(15-3-5-16(6-4-15)23(31)28-17-7-8-17)30(22)13-20(29-24)18-9-2-14(11-25)10-19(18)26/h2-6,9-10,12-13,17H,7-8,26H2,1H3,(H,28,31). The van der Waals surface area contributed by atoms with Gasteiger partial charge in [0.05, 0.1) is 29.2 Å². The monoisotopic (exact) mass is 472 g/mol. The molecule has 10 heteroatoms. The lowest BCUT2D eigenvalue weighted by molar-refractivity contribution is 0.0951. The first-order valence-electron chi connectivity index (χ1n) is 10.5. The van der Waals surface area contributed by atoms with Gasteiger partial charge in [0, 0.05) is 40.9 Å². The Hall–Kier alpha value is -4.23. The van der Waals surface area contributed by atoms with E-state index >= 15 is 0 Å². The van der Waals surface area contributed by atoms with Crippen molar-refractivity contribution in [2.45, 2.75) is 23.9 Å².